The Hall–Kier alpha value is -2.51. The predicted octanol–water partition coefficient (Wildman–Crippen LogP) is 2.44. The Morgan fingerprint density at radius 3 is 2.58 bits per heavy atom. The topological polar surface area (TPSA) is 88.1 Å². The fraction of sp³-hybridized carbons (Fsp3) is 0.357. The maximum atomic E-state index is 12.5. The lowest BCUT2D eigenvalue weighted by molar-refractivity contribution is -0.615. The molecule has 0 aliphatic rings. The Morgan fingerprint density at radius 2 is 2.08 bits per heavy atom. The molecule has 24 heavy (non-hydrogen) atoms. The van der Waals surface area contributed by atoms with Gasteiger partial charge in [0.15, 0.2) is 6.20 Å². The summed E-state index contributed by atoms with van der Waals surface area (Å²) in [5.74, 6) is -0.494. The Labute approximate surface area is 141 Å². The SMILES string of the molecule is CCc1nn(CC)c(-c2ccc[n+]([O-])c2OC(F)F)c1Cl.O=C=O. The van der Waals surface area contributed by atoms with Crippen LogP contribution < -0.4 is 9.47 Å². The van der Waals surface area contributed by atoms with Gasteiger partial charge in [0.25, 0.3) is 0 Å². The van der Waals surface area contributed by atoms with Crippen LogP contribution in [0.2, 0.25) is 5.02 Å². The summed E-state index contributed by atoms with van der Waals surface area (Å²) >= 11 is 6.27. The highest BCUT2D eigenvalue weighted by Gasteiger charge is 2.26. The average molecular weight is 362 g/mol. The molecule has 0 radical (unpaired) electrons. The van der Waals surface area contributed by atoms with Gasteiger partial charge in [-0.2, -0.15) is 23.5 Å². The first-order chi connectivity index (χ1) is 11.4. The number of ether oxygens (including phenoxy) is 1. The highest BCUT2D eigenvalue weighted by atomic mass is 35.5. The molecule has 2 aromatic heterocycles. The molecule has 0 amide bonds. The molecule has 130 valence electrons. The molecule has 10 heteroatoms. The number of aromatic nitrogens is 3. The third-order valence-electron chi connectivity index (χ3n) is 2.97. The van der Waals surface area contributed by atoms with E-state index in [1.165, 1.54) is 12.1 Å². The summed E-state index contributed by atoms with van der Waals surface area (Å²) in [6, 6.07) is 2.94. The summed E-state index contributed by atoms with van der Waals surface area (Å²) in [5.41, 5.74) is 1.22. The van der Waals surface area contributed by atoms with E-state index in [2.05, 4.69) is 9.84 Å². The van der Waals surface area contributed by atoms with Gasteiger partial charge in [-0.3, -0.25) is 4.68 Å². The summed E-state index contributed by atoms with van der Waals surface area (Å²) in [4.78, 5) is 16.2. The highest BCUT2D eigenvalue weighted by molar-refractivity contribution is 6.33. The molecule has 0 spiro atoms. The van der Waals surface area contributed by atoms with Crippen LogP contribution in [-0.2, 0) is 22.6 Å². The summed E-state index contributed by atoms with van der Waals surface area (Å²) in [5, 5.41) is 16.4. The van der Waals surface area contributed by atoms with Crippen LogP contribution in [0.4, 0.5) is 8.78 Å². The number of alkyl halides is 2. The molecule has 2 rings (SSSR count). The number of carbonyl (C=O) groups excluding carboxylic acids is 2. The maximum absolute atomic E-state index is 12.5. The molecule has 0 saturated carbocycles. The van der Waals surface area contributed by atoms with Crippen molar-refractivity contribution in [1.82, 2.24) is 9.78 Å². The number of rotatable bonds is 5. The van der Waals surface area contributed by atoms with Crippen molar-refractivity contribution in [2.24, 2.45) is 0 Å². The Kier molecular flexibility index (Phi) is 7.29. The predicted molar refractivity (Wildman–Crippen MR) is 78.3 cm³/mol. The molecule has 7 nitrogen and oxygen atoms in total. The third kappa shape index (κ3) is 4.27. The van der Waals surface area contributed by atoms with E-state index in [0.717, 1.165) is 6.20 Å². The third-order valence-corrected chi connectivity index (χ3v) is 3.36. The molecule has 0 aromatic carbocycles. The van der Waals surface area contributed by atoms with E-state index in [1.54, 1.807) is 4.68 Å². The van der Waals surface area contributed by atoms with Crippen LogP contribution in [0.15, 0.2) is 18.3 Å². The van der Waals surface area contributed by atoms with Crippen LogP contribution in [-0.4, -0.2) is 22.5 Å². The lowest BCUT2D eigenvalue weighted by Crippen LogP contribution is -2.30. The van der Waals surface area contributed by atoms with E-state index in [4.69, 9.17) is 21.2 Å². The van der Waals surface area contributed by atoms with Crippen molar-refractivity contribution >= 4 is 17.8 Å². The average Bonchev–Trinajstić information content (AvgIpc) is 2.85. The standard InChI is InChI=1S/C13H14ClF2N3O2.CO2/c1-3-9-10(14)11(18(4-2)17-9)8-6-5-7-19(20)12(8)21-13(15)16;2-1-3/h5-7,13H,3-4H2,1-2H3;. The van der Waals surface area contributed by atoms with Gasteiger partial charge in [-0.15, -0.1) is 4.73 Å². The summed E-state index contributed by atoms with van der Waals surface area (Å²) in [6.07, 6.45) is 1.93. The number of hydrogen-bond acceptors (Lipinski definition) is 5. The van der Waals surface area contributed by atoms with E-state index in [-0.39, 0.29) is 16.4 Å². The highest BCUT2D eigenvalue weighted by Crippen LogP contribution is 2.35. The molecule has 0 bridgehead atoms. The second-order valence-electron chi connectivity index (χ2n) is 4.29. The number of halogens is 3. The first kappa shape index (κ1) is 19.5. The summed E-state index contributed by atoms with van der Waals surface area (Å²) < 4.78 is 31.2. The maximum Gasteiger partial charge on any atom is 0.393 e. The van der Waals surface area contributed by atoms with Gasteiger partial charge in [0.1, 0.15) is 5.56 Å². The summed E-state index contributed by atoms with van der Waals surface area (Å²) in [7, 11) is 0. The molecule has 0 aliphatic carbocycles. The second-order valence-corrected chi connectivity index (χ2v) is 4.67. The van der Waals surface area contributed by atoms with E-state index < -0.39 is 12.5 Å². The van der Waals surface area contributed by atoms with E-state index in [9.17, 15) is 14.0 Å². The molecule has 0 unspecified atom stereocenters. The largest absolute Gasteiger partial charge is 0.616 e. The zero-order valence-corrected chi connectivity index (χ0v) is 13.6. The Bertz CT molecular complexity index is 731. The van der Waals surface area contributed by atoms with E-state index in [1.807, 2.05) is 13.8 Å². The molecule has 0 saturated heterocycles. The van der Waals surface area contributed by atoms with Crippen LogP contribution in [0.1, 0.15) is 19.5 Å². The second kappa shape index (κ2) is 8.95. The number of nitrogens with zero attached hydrogens (tertiary/aromatic N) is 3. The quantitative estimate of drug-likeness (QED) is 0.603. The van der Waals surface area contributed by atoms with E-state index in [0.29, 0.717) is 29.4 Å². The molecule has 2 heterocycles. The zero-order valence-electron chi connectivity index (χ0n) is 12.8. The number of aryl methyl sites for hydroxylation is 2. The molecule has 0 fully saturated rings. The normalized spacial score (nSPS) is 10.1. The van der Waals surface area contributed by atoms with Gasteiger partial charge in [0, 0.05) is 12.6 Å². The Balaban J connectivity index is 0.000000891. The van der Waals surface area contributed by atoms with Crippen LogP contribution in [0.3, 0.4) is 0 Å². The van der Waals surface area contributed by atoms with Gasteiger partial charge >= 0.3 is 18.6 Å². The lowest BCUT2D eigenvalue weighted by Gasteiger charge is -2.11. The van der Waals surface area contributed by atoms with Gasteiger partial charge in [0.05, 0.1) is 16.4 Å². The minimum atomic E-state index is -3.10. The first-order valence-electron chi connectivity index (χ1n) is 6.82. The molecular formula is C14H14ClF2N3O4. The Morgan fingerprint density at radius 1 is 1.46 bits per heavy atom. The monoisotopic (exact) mass is 361 g/mol. The van der Waals surface area contributed by atoms with E-state index >= 15 is 0 Å². The lowest BCUT2D eigenvalue weighted by atomic mass is 10.1. The number of pyridine rings is 1. The minimum Gasteiger partial charge on any atom is -0.616 e. The van der Waals surface area contributed by atoms with Crippen molar-refractivity contribution in [3.8, 4) is 17.1 Å². The molecular weight excluding hydrogens is 348 g/mol. The van der Waals surface area contributed by atoms with Crippen molar-refractivity contribution in [3.63, 3.8) is 0 Å². The molecule has 0 N–H and O–H groups in total. The van der Waals surface area contributed by atoms with Gasteiger partial charge in [-0.1, -0.05) is 18.5 Å². The van der Waals surface area contributed by atoms with Crippen LogP contribution in [0.25, 0.3) is 11.3 Å². The minimum absolute atomic E-state index is 0.187. The fourth-order valence-electron chi connectivity index (χ4n) is 2.06. The van der Waals surface area contributed by atoms with Crippen molar-refractivity contribution in [3.05, 3.63) is 34.3 Å². The van der Waals surface area contributed by atoms with Crippen molar-refractivity contribution in [2.45, 2.75) is 33.4 Å². The van der Waals surface area contributed by atoms with Crippen LogP contribution in [0, 0.1) is 5.21 Å². The van der Waals surface area contributed by atoms with Crippen molar-refractivity contribution in [1.29, 1.82) is 0 Å². The smallest absolute Gasteiger partial charge is 0.393 e. The molecule has 2 aromatic rings. The fourth-order valence-corrected chi connectivity index (χ4v) is 2.43. The van der Waals surface area contributed by atoms with Crippen molar-refractivity contribution in [2.75, 3.05) is 0 Å². The first-order valence-corrected chi connectivity index (χ1v) is 7.20. The zero-order chi connectivity index (χ0) is 18.3. The van der Waals surface area contributed by atoms with Crippen LogP contribution in [0.5, 0.6) is 5.88 Å². The van der Waals surface area contributed by atoms with Gasteiger partial charge in [0.2, 0.25) is 0 Å². The number of hydrogen-bond donors (Lipinski definition) is 0. The van der Waals surface area contributed by atoms with Gasteiger partial charge in [-0.25, -0.2) is 0 Å². The summed E-state index contributed by atoms with van der Waals surface area (Å²) in [6.45, 7) is 1.10. The van der Waals surface area contributed by atoms with Crippen LogP contribution >= 0.6 is 11.6 Å². The molecule has 0 aliphatic heterocycles. The van der Waals surface area contributed by atoms with Gasteiger partial charge in [-0.05, 0) is 19.4 Å². The molecule has 0 atom stereocenters. The van der Waals surface area contributed by atoms with Crippen molar-refractivity contribution < 1.29 is 27.8 Å². The van der Waals surface area contributed by atoms with Gasteiger partial charge < -0.3 is 9.94 Å².